The standard InChI is InChI=1S/C18H26Cl2N4O2/c1-18(2,3)23-17(26)24-8-6-12(7-9-24)11-21-16(25)22-13-4-5-14(19)15(20)10-13/h4-5,10,12H,6-9,11H2,1-3H3,(H,23,26)(H2,21,22,25). The summed E-state index contributed by atoms with van der Waals surface area (Å²) in [5.74, 6) is 0.355. The molecule has 0 radical (unpaired) electrons. The van der Waals surface area contributed by atoms with Crippen molar-refractivity contribution in [1.29, 1.82) is 0 Å². The lowest BCUT2D eigenvalue weighted by atomic mass is 9.97. The summed E-state index contributed by atoms with van der Waals surface area (Å²) in [5, 5.41) is 9.42. The summed E-state index contributed by atoms with van der Waals surface area (Å²) in [7, 11) is 0. The maximum absolute atomic E-state index is 12.2. The van der Waals surface area contributed by atoms with E-state index in [0.29, 0.717) is 41.3 Å². The van der Waals surface area contributed by atoms with Gasteiger partial charge in [0.15, 0.2) is 0 Å². The largest absolute Gasteiger partial charge is 0.338 e. The molecule has 1 aliphatic rings. The van der Waals surface area contributed by atoms with Gasteiger partial charge in [-0.3, -0.25) is 0 Å². The van der Waals surface area contributed by atoms with Crippen molar-refractivity contribution in [3.63, 3.8) is 0 Å². The second-order valence-corrected chi connectivity index (χ2v) is 8.39. The fraction of sp³-hybridized carbons (Fsp3) is 0.556. The van der Waals surface area contributed by atoms with Crippen molar-refractivity contribution in [2.45, 2.75) is 39.2 Å². The Labute approximate surface area is 164 Å². The van der Waals surface area contributed by atoms with Gasteiger partial charge < -0.3 is 20.9 Å². The van der Waals surface area contributed by atoms with Crippen LogP contribution in [0.5, 0.6) is 0 Å². The zero-order chi connectivity index (χ0) is 19.3. The van der Waals surface area contributed by atoms with Crippen molar-refractivity contribution in [2.75, 3.05) is 25.0 Å². The third kappa shape index (κ3) is 6.57. The molecule has 0 spiro atoms. The molecule has 1 saturated heterocycles. The van der Waals surface area contributed by atoms with E-state index in [2.05, 4.69) is 16.0 Å². The Bertz CT molecular complexity index is 653. The lowest BCUT2D eigenvalue weighted by Gasteiger charge is -2.34. The van der Waals surface area contributed by atoms with E-state index in [4.69, 9.17) is 23.2 Å². The maximum Gasteiger partial charge on any atom is 0.319 e. The van der Waals surface area contributed by atoms with Crippen molar-refractivity contribution in [2.24, 2.45) is 5.92 Å². The summed E-state index contributed by atoms with van der Waals surface area (Å²) in [6.07, 6.45) is 1.73. The smallest absolute Gasteiger partial charge is 0.319 e. The van der Waals surface area contributed by atoms with Crippen LogP contribution < -0.4 is 16.0 Å². The van der Waals surface area contributed by atoms with Gasteiger partial charge in [0.1, 0.15) is 0 Å². The van der Waals surface area contributed by atoms with E-state index < -0.39 is 0 Å². The van der Waals surface area contributed by atoms with E-state index in [0.717, 1.165) is 12.8 Å². The van der Waals surface area contributed by atoms with Gasteiger partial charge in [0, 0.05) is 30.9 Å². The number of carbonyl (C=O) groups excluding carboxylic acids is 2. The fourth-order valence-corrected chi connectivity index (χ4v) is 3.02. The number of hydrogen-bond donors (Lipinski definition) is 3. The molecule has 144 valence electrons. The molecule has 1 aliphatic heterocycles. The topological polar surface area (TPSA) is 73.5 Å². The van der Waals surface area contributed by atoms with E-state index >= 15 is 0 Å². The fourth-order valence-electron chi connectivity index (χ4n) is 2.73. The molecular formula is C18H26Cl2N4O2. The van der Waals surface area contributed by atoms with Gasteiger partial charge in [-0.05, 0) is 57.7 Å². The van der Waals surface area contributed by atoms with Gasteiger partial charge in [-0.1, -0.05) is 23.2 Å². The van der Waals surface area contributed by atoms with Crippen LogP contribution in [0.25, 0.3) is 0 Å². The van der Waals surface area contributed by atoms with E-state index in [1.54, 1.807) is 18.2 Å². The number of anilines is 1. The molecule has 3 N–H and O–H groups in total. The van der Waals surface area contributed by atoms with Crippen molar-refractivity contribution in [3.05, 3.63) is 28.2 Å². The molecule has 26 heavy (non-hydrogen) atoms. The molecule has 1 aromatic rings. The average Bonchev–Trinajstić information content (AvgIpc) is 2.55. The van der Waals surface area contributed by atoms with E-state index in [-0.39, 0.29) is 17.6 Å². The number of halogens is 2. The number of nitrogens with one attached hydrogen (secondary N) is 3. The Morgan fingerprint density at radius 3 is 2.38 bits per heavy atom. The molecule has 0 atom stereocenters. The lowest BCUT2D eigenvalue weighted by molar-refractivity contribution is 0.162. The van der Waals surface area contributed by atoms with Gasteiger partial charge in [-0.2, -0.15) is 0 Å². The van der Waals surface area contributed by atoms with Crippen LogP contribution in [0.4, 0.5) is 15.3 Å². The molecule has 4 amide bonds. The first-order valence-electron chi connectivity index (χ1n) is 8.71. The van der Waals surface area contributed by atoms with E-state index in [1.165, 1.54) is 0 Å². The molecular weight excluding hydrogens is 375 g/mol. The summed E-state index contributed by atoms with van der Waals surface area (Å²) in [4.78, 5) is 26.0. The lowest BCUT2D eigenvalue weighted by Crippen LogP contribution is -2.51. The number of urea groups is 2. The molecule has 1 aromatic carbocycles. The Balaban J connectivity index is 1.71. The predicted molar refractivity (Wildman–Crippen MR) is 106 cm³/mol. The summed E-state index contributed by atoms with van der Waals surface area (Å²) >= 11 is 11.8. The third-order valence-corrected chi connectivity index (χ3v) is 4.85. The SMILES string of the molecule is CC(C)(C)NC(=O)N1CCC(CNC(=O)Nc2ccc(Cl)c(Cl)c2)CC1. The number of hydrogen-bond acceptors (Lipinski definition) is 2. The Morgan fingerprint density at radius 1 is 1.15 bits per heavy atom. The Hall–Kier alpha value is -1.66. The van der Waals surface area contributed by atoms with Crippen LogP contribution in [0.1, 0.15) is 33.6 Å². The summed E-state index contributed by atoms with van der Waals surface area (Å²) in [5.41, 5.74) is 0.351. The molecule has 0 unspecified atom stereocenters. The first-order chi connectivity index (χ1) is 12.1. The highest BCUT2D eigenvalue weighted by molar-refractivity contribution is 6.42. The van der Waals surface area contributed by atoms with Gasteiger partial charge in [-0.25, -0.2) is 9.59 Å². The van der Waals surface area contributed by atoms with Gasteiger partial charge in [0.25, 0.3) is 0 Å². The van der Waals surface area contributed by atoms with Crippen LogP contribution in [0.15, 0.2) is 18.2 Å². The number of piperidine rings is 1. The number of likely N-dealkylation sites (tertiary alicyclic amines) is 1. The number of carbonyl (C=O) groups is 2. The number of amides is 4. The number of rotatable bonds is 3. The Kier molecular flexibility index (Phi) is 7.01. The first-order valence-corrected chi connectivity index (χ1v) is 9.46. The van der Waals surface area contributed by atoms with Gasteiger partial charge in [-0.15, -0.1) is 0 Å². The minimum atomic E-state index is -0.281. The normalized spacial score (nSPS) is 15.5. The van der Waals surface area contributed by atoms with E-state index in [1.807, 2.05) is 25.7 Å². The molecule has 0 aliphatic carbocycles. The molecule has 6 nitrogen and oxygen atoms in total. The molecule has 1 heterocycles. The van der Waals surface area contributed by atoms with Crippen LogP contribution in [-0.4, -0.2) is 42.1 Å². The zero-order valence-corrected chi connectivity index (χ0v) is 16.9. The first kappa shape index (κ1) is 20.6. The van der Waals surface area contributed by atoms with Crippen LogP contribution in [0.3, 0.4) is 0 Å². The van der Waals surface area contributed by atoms with E-state index in [9.17, 15) is 9.59 Å². The Morgan fingerprint density at radius 2 is 1.81 bits per heavy atom. The molecule has 0 saturated carbocycles. The zero-order valence-electron chi connectivity index (χ0n) is 15.4. The second kappa shape index (κ2) is 8.82. The monoisotopic (exact) mass is 400 g/mol. The predicted octanol–water partition coefficient (Wildman–Crippen LogP) is 4.34. The molecule has 0 aromatic heterocycles. The highest BCUT2D eigenvalue weighted by Crippen LogP contribution is 2.25. The van der Waals surface area contributed by atoms with Crippen LogP contribution in [0, 0.1) is 5.92 Å². The van der Waals surface area contributed by atoms with Gasteiger partial charge in [0.2, 0.25) is 0 Å². The molecule has 8 heteroatoms. The van der Waals surface area contributed by atoms with Crippen molar-refractivity contribution in [1.82, 2.24) is 15.5 Å². The highest BCUT2D eigenvalue weighted by Gasteiger charge is 2.25. The van der Waals surface area contributed by atoms with Crippen molar-refractivity contribution in [3.8, 4) is 0 Å². The van der Waals surface area contributed by atoms with Crippen molar-refractivity contribution >= 4 is 41.0 Å². The van der Waals surface area contributed by atoms with Crippen LogP contribution in [-0.2, 0) is 0 Å². The minimum absolute atomic E-state index is 0.0266. The van der Waals surface area contributed by atoms with Gasteiger partial charge >= 0.3 is 12.1 Å². The van der Waals surface area contributed by atoms with Crippen LogP contribution >= 0.6 is 23.2 Å². The highest BCUT2D eigenvalue weighted by atomic mass is 35.5. The maximum atomic E-state index is 12.2. The summed E-state index contributed by atoms with van der Waals surface area (Å²) in [6, 6.07) is 4.63. The number of benzene rings is 1. The average molecular weight is 401 g/mol. The summed E-state index contributed by atoms with van der Waals surface area (Å²) in [6.45, 7) is 7.86. The minimum Gasteiger partial charge on any atom is -0.338 e. The number of nitrogens with zero attached hydrogens (tertiary/aromatic N) is 1. The molecule has 0 bridgehead atoms. The summed E-state index contributed by atoms with van der Waals surface area (Å²) < 4.78 is 0. The quantitative estimate of drug-likeness (QED) is 0.705. The second-order valence-electron chi connectivity index (χ2n) is 7.57. The molecule has 2 rings (SSSR count). The van der Waals surface area contributed by atoms with Crippen molar-refractivity contribution < 1.29 is 9.59 Å². The van der Waals surface area contributed by atoms with Gasteiger partial charge in [0.05, 0.1) is 10.0 Å². The van der Waals surface area contributed by atoms with Crippen LogP contribution in [0.2, 0.25) is 10.0 Å². The molecule has 1 fully saturated rings. The third-order valence-electron chi connectivity index (χ3n) is 4.11.